The third-order valence-corrected chi connectivity index (χ3v) is 4.80. The minimum Gasteiger partial charge on any atom is -0.310 e. The monoisotopic (exact) mass is 253 g/mol. The molecule has 0 radical (unpaired) electrons. The van der Waals surface area contributed by atoms with Crippen molar-refractivity contribution in [1.29, 1.82) is 0 Å². The van der Waals surface area contributed by atoms with Crippen LogP contribution in [0.15, 0.2) is 0 Å². The summed E-state index contributed by atoms with van der Waals surface area (Å²) in [6.07, 6.45) is 3.94. The molecule has 2 rings (SSSR count). The van der Waals surface area contributed by atoms with Crippen molar-refractivity contribution in [3.05, 3.63) is 0 Å². The molecule has 2 heterocycles. The van der Waals surface area contributed by atoms with Crippen LogP contribution in [-0.4, -0.2) is 60.1 Å². The first-order valence-electron chi connectivity index (χ1n) is 7.57. The van der Waals surface area contributed by atoms with Gasteiger partial charge in [0.25, 0.3) is 0 Å². The van der Waals surface area contributed by atoms with E-state index in [-0.39, 0.29) is 0 Å². The molecule has 1 N–H and O–H groups in total. The molecule has 0 aromatic rings. The molecule has 0 saturated carbocycles. The van der Waals surface area contributed by atoms with E-state index in [4.69, 9.17) is 0 Å². The van der Waals surface area contributed by atoms with Crippen molar-refractivity contribution < 1.29 is 0 Å². The SMILES string of the molecule is CC1CC(NC2CCN(C(C)(C)C)CC2)CN1C. The van der Waals surface area contributed by atoms with Gasteiger partial charge in [-0.25, -0.2) is 0 Å². The van der Waals surface area contributed by atoms with Crippen LogP contribution < -0.4 is 5.32 Å². The van der Waals surface area contributed by atoms with Crippen LogP contribution in [0.3, 0.4) is 0 Å². The third kappa shape index (κ3) is 3.46. The fourth-order valence-corrected chi connectivity index (χ4v) is 3.36. The van der Waals surface area contributed by atoms with E-state index < -0.39 is 0 Å². The molecule has 0 aromatic carbocycles. The van der Waals surface area contributed by atoms with Crippen LogP contribution in [0.4, 0.5) is 0 Å². The van der Waals surface area contributed by atoms with Crippen molar-refractivity contribution in [3.8, 4) is 0 Å². The summed E-state index contributed by atoms with van der Waals surface area (Å²) in [6, 6.07) is 2.21. The van der Waals surface area contributed by atoms with Crippen LogP contribution in [-0.2, 0) is 0 Å². The van der Waals surface area contributed by atoms with E-state index >= 15 is 0 Å². The predicted molar refractivity (Wildman–Crippen MR) is 78.0 cm³/mol. The summed E-state index contributed by atoms with van der Waals surface area (Å²) in [5, 5.41) is 3.88. The predicted octanol–water partition coefficient (Wildman–Crippen LogP) is 1.93. The van der Waals surface area contributed by atoms with E-state index in [1.807, 2.05) is 0 Å². The van der Waals surface area contributed by atoms with Gasteiger partial charge in [-0.1, -0.05) is 0 Å². The van der Waals surface area contributed by atoms with Crippen molar-refractivity contribution in [3.63, 3.8) is 0 Å². The average molecular weight is 253 g/mol. The molecule has 2 unspecified atom stereocenters. The lowest BCUT2D eigenvalue weighted by Crippen LogP contribution is -2.51. The lowest BCUT2D eigenvalue weighted by molar-refractivity contribution is 0.0940. The van der Waals surface area contributed by atoms with E-state index in [1.165, 1.54) is 38.9 Å². The maximum absolute atomic E-state index is 3.88. The number of nitrogens with one attached hydrogen (secondary N) is 1. The summed E-state index contributed by atoms with van der Waals surface area (Å²) >= 11 is 0. The van der Waals surface area contributed by atoms with Crippen LogP contribution in [0, 0.1) is 0 Å². The first-order valence-corrected chi connectivity index (χ1v) is 7.57. The molecule has 3 nitrogen and oxygen atoms in total. The minimum absolute atomic E-state index is 0.340. The Balaban J connectivity index is 1.74. The maximum Gasteiger partial charge on any atom is 0.0212 e. The number of nitrogens with zero attached hydrogens (tertiary/aromatic N) is 2. The first-order chi connectivity index (χ1) is 8.36. The molecule has 2 aliphatic heterocycles. The van der Waals surface area contributed by atoms with Crippen LogP contribution in [0.5, 0.6) is 0 Å². The van der Waals surface area contributed by atoms with E-state index in [9.17, 15) is 0 Å². The minimum atomic E-state index is 0.340. The second-order valence-electron chi connectivity index (χ2n) is 7.32. The lowest BCUT2D eigenvalue weighted by atomic mass is 9.97. The van der Waals surface area contributed by atoms with Crippen molar-refractivity contribution in [2.24, 2.45) is 0 Å². The molecular weight excluding hydrogens is 222 g/mol. The number of rotatable bonds is 2. The van der Waals surface area contributed by atoms with Crippen LogP contribution in [0.25, 0.3) is 0 Å². The Morgan fingerprint density at radius 2 is 1.67 bits per heavy atom. The topological polar surface area (TPSA) is 18.5 Å². The lowest BCUT2D eigenvalue weighted by Gasteiger charge is -2.41. The summed E-state index contributed by atoms with van der Waals surface area (Å²) in [5.74, 6) is 0. The Morgan fingerprint density at radius 3 is 2.11 bits per heavy atom. The molecule has 3 heteroatoms. The molecule has 2 atom stereocenters. The molecule has 2 aliphatic rings. The number of likely N-dealkylation sites (tertiary alicyclic amines) is 2. The van der Waals surface area contributed by atoms with E-state index in [2.05, 4.69) is 49.9 Å². The van der Waals surface area contributed by atoms with Crippen LogP contribution >= 0.6 is 0 Å². The summed E-state index contributed by atoms with van der Waals surface area (Å²) in [6.45, 7) is 13.0. The van der Waals surface area contributed by atoms with Gasteiger partial charge in [0.15, 0.2) is 0 Å². The van der Waals surface area contributed by atoms with Gasteiger partial charge in [-0.05, 0) is 54.0 Å². The maximum atomic E-state index is 3.88. The smallest absolute Gasteiger partial charge is 0.0212 e. The normalized spacial score (nSPS) is 33.2. The van der Waals surface area contributed by atoms with Gasteiger partial charge in [0, 0.05) is 43.3 Å². The molecule has 106 valence electrons. The van der Waals surface area contributed by atoms with Crippen LogP contribution in [0.2, 0.25) is 0 Å². The zero-order valence-electron chi connectivity index (χ0n) is 12.9. The van der Waals surface area contributed by atoms with Gasteiger partial charge in [-0.15, -0.1) is 0 Å². The van der Waals surface area contributed by atoms with Gasteiger partial charge in [0.2, 0.25) is 0 Å². The van der Waals surface area contributed by atoms with Crippen LogP contribution in [0.1, 0.15) is 47.0 Å². The Hall–Kier alpha value is -0.120. The summed E-state index contributed by atoms with van der Waals surface area (Å²) in [7, 11) is 2.24. The molecule has 0 aromatic heterocycles. The number of likely N-dealkylation sites (N-methyl/N-ethyl adjacent to an activating group) is 1. The summed E-state index contributed by atoms with van der Waals surface area (Å²) < 4.78 is 0. The first kappa shape index (κ1) is 14.3. The van der Waals surface area contributed by atoms with Gasteiger partial charge in [-0.2, -0.15) is 0 Å². The Bertz CT molecular complexity index is 253. The van der Waals surface area contributed by atoms with Gasteiger partial charge >= 0.3 is 0 Å². The zero-order valence-corrected chi connectivity index (χ0v) is 12.9. The average Bonchev–Trinajstić information content (AvgIpc) is 2.57. The standard InChI is InChI=1S/C15H31N3/c1-12-10-14(11-17(12)5)16-13-6-8-18(9-7-13)15(2,3)4/h12-14,16H,6-11H2,1-5H3. The second kappa shape index (κ2) is 5.48. The largest absolute Gasteiger partial charge is 0.310 e. The van der Waals surface area contributed by atoms with Gasteiger partial charge in [-0.3, -0.25) is 4.90 Å². The van der Waals surface area contributed by atoms with Gasteiger partial charge in [0.1, 0.15) is 0 Å². The Morgan fingerprint density at radius 1 is 1.06 bits per heavy atom. The number of piperidine rings is 1. The van der Waals surface area contributed by atoms with E-state index in [0.717, 1.165) is 18.1 Å². The molecule has 2 fully saturated rings. The highest BCUT2D eigenvalue weighted by Gasteiger charge is 2.31. The van der Waals surface area contributed by atoms with Gasteiger partial charge < -0.3 is 10.2 Å². The molecule has 0 spiro atoms. The van der Waals surface area contributed by atoms with Crippen molar-refractivity contribution >= 4 is 0 Å². The quantitative estimate of drug-likeness (QED) is 0.811. The third-order valence-electron chi connectivity index (χ3n) is 4.80. The molecular formula is C15H31N3. The molecule has 2 saturated heterocycles. The zero-order chi connectivity index (χ0) is 13.3. The second-order valence-corrected chi connectivity index (χ2v) is 7.32. The molecule has 18 heavy (non-hydrogen) atoms. The highest BCUT2D eigenvalue weighted by Crippen LogP contribution is 2.22. The highest BCUT2D eigenvalue weighted by molar-refractivity contribution is 4.90. The molecule has 0 amide bonds. The Kier molecular flexibility index (Phi) is 4.35. The fraction of sp³-hybridized carbons (Fsp3) is 1.00. The van der Waals surface area contributed by atoms with E-state index in [0.29, 0.717) is 5.54 Å². The molecule has 0 bridgehead atoms. The van der Waals surface area contributed by atoms with Crippen molar-refractivity contribution in [1.82, 2.24) is 15.1 Å². The van der Waals surface area contributed by atoms with E-state index in [1.54, 1.807) is 0 Å². The summed E-state index contributed by atoms with van der Waals surface area (Å²) in [4.78, 5) is 5.09. The van der Waals surface area contributed by atoms with Crippen molar-refractivity contribution in [2.75, 3.05) is 26.7 Å². The summed E-state index contributed by atoms with van der Waals surface area (Å²) in [5.41, 5.74) is 0.340. The Labute approximate surface area is 113 Å². The number of hydrogen-bond acceptors (Lipinski definition) is 3. The van der Waals surface area contributed by atoms with Gasteiger partial charge in [0.05, 0.1) is 0 Å². The number of hydrogen-bond donors (Lipinski definition) is 1. The molecule has 0 aliphatic carbocycles. The van der Waals surface area contributed by atoms with Crippen molar-refractivity contribution in [2.45, 2.75) is 70.6 Å². The fourth-order valence-electron chi connectivity index (χ4n) is 3.36. The highest BCUT2D eigenvalue weighted by atomic mass is 15.2.